The van der Waals surface area contributed by atoms with Crippen molar-refractivity contribution in [3.8, 4) is 0 Å². The Bertz CT molecular complexity index is 579. The molecule has 1 unspecified atom stereocenters. The lowest BCUT2D eigenvalue weighted by Gasteiger charge is -2.28. The molecular formula is C16H26N4S. The number of nitrogens with one attached hydrogen (secondary N) is 1. The summed E-state index contributed by atoms with van der Waals surface area (Å²) in [6.45, 7) is 9.84. The molecule has 116 valence electrons. The standard InChI is InChI=1S/C16H26N4S/c1-6-8-17-16-18-14(13-7-9-21-15(13)19-16)20(5)12(4)10-11(2)3/h7,9,11-12H,6,8,10H2,1-5H3,(H,17,18,19). The first kappa shape index (κ1) is 16.0. The molecule has 0 radical (unpaired) electrons. The van der Waals surface area contributed by atoms with Gasteiger partial charge < -0.3 is 10.2 Å². The van der Waals surface area contributed by atoms with Crippen LogP contribution in [0.1, 0.15) is 40.5 Å². The average Bonchev–Trinajstić information content (AvgIpc) is 2.90. The molecule has 0 aliphatic carbocycles. The molecule has 0 bridgehead atoms. The first-order valence-corrected chi connectivity index (χ1v) is 8.62. The van der Waals surface area contributed by atoms with Crippen LogP contribution in [0.4, 0.5) is 11.8 Å². The third-order valence-electron chi connectivity index (χ3n) is 3.65. The van der Waals surface area contributed by atoms with Crippen LogP contribution < -0.4 is 10.2 Å². The summed E-state index contributed by atoms with van der Waals surface area (Å²) in [5, 5.41) is 6.55. The van der Waals surface area contributed by atoms with Crippen molar-refractivity contribution in [3.05, 3.63) is 11.4 Å². The van der Waals surface area contributed by atoms with Crippen LogP contribution in [0.2, 0.25) is 0 Å². The maximum Gasteiger partial charge on any atom is 0.226 e. The highest BCUT2D eigenvalue weighted by atomic mass is 32.1. The maximum atomic E-state index is 4.75. The van der Waals surface area contributed by atoms with Crippen LogP contribution in [0.5, 0.6) is 0 Å². The lowest BCUT2D eigenvalue weighted by molar-refractivity contribution is 0.503. The highest BCUT2D eigenvalue weighted by molar-refractivity contribution is 7.16. The summed E-state index contributed by atoms with van der Waals surface area (Å²) < 4.78 is 0. The SMILES string of the molecule is CCCNc1nc(N(C)C(C)CC(C)C)c2ccsc2n1. The van der Waals surface area contributed by atoms with Gasteiger partial charge in [-0.1, -0.05) is 20.8 Å². The largest absolute Gasteiger partial charge is 0.356 e. The molecule has 0 aromatic carbocycles. The molecular weight excluding hydrogens is 280 g/mol. The van der Waals surface area contributed by atoms with E-state index in [4.69, 9.17) is 4.98 Å². The summed E-state index contributed by atoms with van der Waals surface area (Å²) in [5.41, 5.74) is 0. The molecule has 1 N–H and O–H groups in total. The van der Waals surface area contributed by atoms with Gasteiger partial charge in [-0.25, -0.2) is 4.98 Å². The van der Waals surface area contributed by atoms with Gasteiger partial charge in [0.25, 0.3) is 0 Å². The normalized spacial score (nSPS) is 12.9. The molecule has 4 nitrogen and oxygen atoms in total. The summed E-state index contributed by atoms with van der Waals surface area (Å²) in [4.78, 5) is 12.7. The van der Waals surface area contributed by atoms with E-state index < -0.39 is 0 Å². The summed E-state index contributed by atoms with van der Waals surface area (Å²) in [6.07, 6.45) is 2.23. The van der Waals surface area contributed by atoms with E-state index in [1.807, 2.05) is 0 Å². The van der Waals surface area contributed by atoms with Crippen LogP contribution in [-0.4, -0.2) is 29.6 Å². The van der Waals surface area contributed by atoms with Crippen LogP contribution in [0.15, 0.2) is 11.4 Å². The second kappa shape index (κ2) is 7.07. The van der Waals surface area contributed by atoms with E-state index in [0.717, 1.165) is 41.4 Å². The lowest BCUT2D eigenvalue weighted by Crippen LogP contribution is -2.31. The molecule has 0 fully saturated rings. The predicted molar refractivity (Wildman–Crippen MR) is 93.5 cm³/mol. The molecule has 0 saturated heterocycles. The van der Waals surface area contributed by atoms with Gasteiger partial charge in [0, 0.05) is 19.6 Å². The third-order valence-corrected chi connectivity index (χ3v) is 4.45. The van der Waals surface area contributed by atoms with Crippen molar-refractivity contribution >= 4 is 33.3 Å². The zero-order chi connectivity index (χ0) is 15.4. The van der Waals surface area contributed by atoms with E-state index in [-0.39, 0.29) is 0 Å². The highest BCUT2D eigenvalue weighted by Gasteiger charge is 2.17. The minimum Gasteiger partial charge on any atom is -0.356 e. The Balaban J connectivity index is 2.33. The van der Waals surface area contributed by atoms with Crippen LogP contribution in [0.3, 0.4) is 0 Å². The van der Waals surface area contributed by atoms with Crippen LogP contribution in [0.25, 0.3) is 10.2 Å². The van der Waals surface area contributed by atoms with Gasteiger partial charge in [-0.2, -0.15) is 4.98 Å². The van der Waals surface area contributed by atoms with Crippen molar-refractivity contribution in [2.45, 2.75) is 46.6 Å². The van der Waals surface area contributed by atoms with Crippen LogP contribution in [0, 0.1) is 5.92 Å². The van der Waals surface area contributed by atoms with Crippen LogP contribution >= 0.6 is 11.3 Å². The summed E-state index contributed by atoms with van der Waals surface area (Å²) in [7, 11) is 2.14. The molecule has 21 heavy (non-hydrogen) atoms. The van der Waals surface area contributed by atoms with Gasteiger partial charge in [0.15, 0.2) is 0 Å². The van der Waals surface area contributed by atoms with Crippen molar-refractivity contribution in [1.82, 2.24) is 9.97 Å². The zero-order valence-electron chi connectivity index (χ0n) is 13.7. The summed E-state index contributed by atoms with van der Waals surface area (Å²) in [6, 6.07) is 2.58. The fourth-order valence-corrected chi connectivity index (χ4v) is 3.23. The zero-order valence-corrected chi connectivity index (χ0v) is 14.5. The predicted octanol–water partition coefficient (Wildman–Crippen LogP) is 4.38. The lowest BCUT2D eigenvalue weighted by atomic mass is 10.0. The smallest absolute Gasteiger partial charge is 0.226 e. The van der Waals surface area contributed by atoms with E-state index in [1.165, 1.54) is 0 Å². The monoisotopic (exact) mass is 306 g/mol. The number of hydrogen-bond acceptors (Lipinski definition) is 5. The Hall–Kier alpha value is -1.36. The number of thiophene rings is 1. The van der Waals surface area contributed by atoms with E-state index >= 15 is 0 Å². The fraction of sp³-hybridized carbons (Fsp3) is 0.625. The van der Waals surface area contributed by atoms with E-state index in [1.54, 1.807) is 11.3 Å². The van der Waals surface area contributed by atoms with Crippen molar-refractivity contribution in [2.75, 3.05) is 23.8 Å². The second-order valence-electron chi connectivity index (χ2n) is 6.03. The van der Waals surface area contributed by atoms with E-state index in [2.05, 4.69) is 61.4 Å². The molecule has 5 heteroatoms. The Morgan fingerprint density at radius 2 is 2.05 bits per heavy atom. The van der Waals surface area contributed by atoms with E-state index in [0.29, 0.717) is 12.0 Å². The molecule has 0 spiro atoms. The molecule has 0 aliphatic rings. The van der Waals surface area contributed by atoms with Gasteiger partial charge in [0.05, 0.1) is 5.39 Å². The number of aromatic nitrogens is 2. The third kappa shape index (κ3) is 3.84. The molecule has 0 aliphatic heterocycles. The number of hydrogen-bond donors (Lipinski definition) is 1. The quantitative estimate of drug-likeness (QED) is 0.824. The van der Waals surface area contributed by atoms with Gasteiger partial charge in [-0.15, -0.1) is 11.3 Å². The minimum atomic E-state index is 0.460. The van der Waals surface area contributed by atoms with Gasteiger partial charge in [0.2, 0.25) is 5.95 Å². The highest BCUT2D eigenvalue weighted by Crippen LogP contribution is 2.30. The Labute approximate surface area is 131 Å². The molecule has 2 heterocycles. The average molecular weight is 306 g/mol. The van der Waals surface area contributed by atoms with E-state index in [9.17, 15) is 0 Å². The molecule has 1 atom stereocenters. The van der Waals surface area contributed by atoms with Crippen molar-refractivity contribution in [2.24, 2.45) is 5.92 Å². The molecule has 2 aromatic heterocycles. The summed E-state index contributed by atoms with van der Waals surface area (Å²) in [5.74, 6) is 2.46. The molecule has 2 rings (SSSR count). The number of rotatable bonds is 7. The number of anilines is 2. The van der Waals surface area contributed by atoms with Crippen molar-refractivity contribution in [3.63, 3.8) is 0 Å². The maximum absolute atomic E-state index is 4.75. The van der Waals surface area contributed by atoms with Crippen molar-refractivity contribution < 1.29 is 0 Å². The number of nitrogens with zero attached hydrogens (tertiary/aromatic N) is 3. The van der Waals surface area contributed by atoms with Crippen LogP contribution in [-0.2, 0) is 0 Å². The topological polar surface area (TPSA) is 41.1 Å². The van der Waals surface area contributed by atoms with Gasteiger partial charge in [-0.3, -0.25) is 0 Å². The molecule has 0 saturated carbocycles. The second-order valence-corrected chi connectivity index (χ2v) is 6.92. The van der Waals surface area contributed by atoms with Crippen molar-refractivity contribution in [1.29, 1.82) is 0 Å². The van der Waals surface area contributed by atoms with Gasteiger partial charge >= 0.3 is 0 Å². The summed E-state index contributed by atoms with van der Waals surface area (Å²) >= 11 is 1.67. The van der Waals surface area contributed by atoms with Gasteiger partial charge in [-0.05, 0) is 37.1 Å². The minimum absolute atomic E-state index is 0.460. The Morgan fingerprint density at radius 1 is 1.29 bits per heavy atom. The fourth-order valence-electron chi connectivity index (χ4n) is 2.47. The Morgan fingerprint density at radius 3 is 2.71 bits per heavy atom. The number of fused-ring (bicyclic) bond motifs is 1. The van der Waals surface area contributed by atoms with Gasteiger partial charge in [0.1, 0.15) is 10.6 Å². The first-order valence-electron chi connectivity index (χ1n) is 7.74. The molecule has 0 amide bonds. The molecule has 2 aromatic rings. The first-order chi connectivity index (χ1) is 10.0. The Kier molecular flexibility index (Phi) is 5.39.